The Morgan fingerprint density at radius 2 is 2.06 bits per heavy atom. The lowest BCUT2D eigenvalue weighted by atomic mass is 9.94. The van der Waals surface area contributed by atoms with Crippen LogP contribution in [0.25, 0.3) is 0 Å². The average molecular weight is 265 g/mol. The van der Waals surface area contributed by atoms with Gasteiger partial charge in [0, 0.05) is 11.6 Å². The fourth-order valence-corrected chi connectivity index (χ4v) is 3.22. The van der Waals surface area contributed by atoms with E-state index in [1.807, 2.05) is 0 Å². The van der Waals surface area contributed by atoms with Crippen LogP contribution < -0.4 is 4.72 Å². The van der Waals surface area contributed by atoms with Gasteiger partial charge in [0.05, 0.1) is 4.90 Å². The van der Waals surface area contributed by atoms with E-state index in [1.165, 1.54) is 6.07 Å². The van der Waals surface area contributed by atoms with E-state index in [4.69, 9.17) is 5.11 Å². The molecule has 0 atom stereocenters. The Morgan fingerprint density at radius 1 is 1.33 bits per heavy atom. The van der Waals surface area contributed by atoms with Gasteiger partial charge in [-0.1, -0.05) is 30.4 Å². The second-order valence-corrected chi connectivity index (χ2v) is 5.89. The van der Waals surface area contributed by atoms with Crippen LogP contribution in [0.5, 0.6) is 0 Å². The Morgan fingerprint density at radius 3 is 2.67 bits per heavy atom. The molecule has 5 heteroatoms. The van der Waals surface area contributed by atoms with Crippen LogP contribution in [0.3, 0.4) is 0 Å². The van der Waals surface area contributed by atoms with Crippen molar-refractivity contribution in [3.05, 3.63) is 29.8 Å². The third-order valence-electron chi connectivity index (χ3n) is 2.91. The van der Waals surface area contributed by atoms with Crippen LogP contribution in [0.1, 0.15) is 24.8 Å². The summed E-state index contributed by atoms with van der Waals surface area (Å²) in [5.41, 5.74) is 0.415. The standard InChI is InChI=1S/C13H15NO3S/c15-10-4-6-11-5-1-2-9-13(11)18(16,17)14-12-7-3-8-12/h1-2,5,9,12,14-15H,3,7-8,10H2. The van der Waals surface area contributed by atoms with Gasteiger partial charge in [-0.05, 0) is 25.0 Å². The first kappa shape index (κ1) is 13.1. The monoisotopic (exact) mass is 265 g/mol. The molecule has 0 unspecified atom stereocenters. The van der Waals surface area contributed by atoms with E-state index >= 15 is 0 Å². The van der Waals surface area contributed by atoms with E-state index in [9.17, 15) is 8.42 Å². The third-order valence-corrected chi connectivity index (χ3v) is 4.48. The van der Waals surface area contributed by atoms with Crippen LogP contribution in [0.4, 0.5) is 0 Å². The minimum atomic E-state index is -3.52. The van der Waals surface area contributed by atoms with Crippen molar-refractivity contribution >= 4 is 10.0 Å². The molecular formula is C13H15NO3S. The molecule has 1 fully saturated rings. The average Bonchev–Trinajstić information content (AvgIpc) is 2.32. The van der Waals surface area contributed by atoms with Crippen molar-refractivity contribution in [2.45, 2.75) is 30.2 Å². The topological polar surface area (TPSA) is 66.4 Å². The molecule has 0 aliphatic heterocycles. The van der Waals surface area contributed by atoms with E-state index in [-0.39, 0.29) is 17.5 Å². The molecule has 0 aromatic heterocycles. The molecule has 96 valence electrons. The SMILES string of the molecule is O=S(=O)(NC1CCC1)c1ccccc1C#CCO. The first-order chi connectivity index (χ1) is 8.63. The van der Waals surface area contributed by atoms with Gasteiger partial charge in [0.25, 0.3) is 0 Å². The smallest absolute Gasteiger partial charge is 0.242 e. The molecule has 1 aromatic rings. The highest BCUT2D eigenvalue weighted by Gasteiger charge is 2.25. The summed E-state index contributed by atoms with van der Waals surface area (Å²) in [7, 11) is -3.52. The van der Waals surface area contributed by atoms with Crippen molar-refractivity contribution < 1.29 is 13.5 Å². The molecular weight excluding hydrogens is 250 g/mol. The fraction of sp³-hybridized carbons (Fsp3) is 0.385. The number of rotatable bonds is 3. The zero-order valence-electron chi connectivity index (χ0n) is 9.89. The fourth-order valence-electron chi connectivity index (χ4n) is 1.75. The van der Waals surface area contributed by atoms with Crippen molar-refractivity contribution in [2.24, 2.45) is 0 Å². The molecule has 0 saturated heterocycles. The van der Waals surface area contributed by atoms with E-state index in [0.717, 1.165) is 19.3 Å². The minimum Gasteiger partial charge on any atom is -0.384 e. The number of aliphatic hydroxyl groups excluding tert-OH is 1. The van der Waals surface area contributed by atoms with E-state index in [2.05, 4.69) is 16.6 Å². The van der Waals surface area contributed by atoms with Crippen LogP contribution in [0.2, 0.25) is 0 Å². The maximum Gasteiger partial charge on any atom is 0.242 e. The van der Waals surface area contributed by atoms with Crippen molar-refractivity contribution in [1.82, 2.24) is 4.72 Å². The number of nitrogens with one attached hydrogen (secondary N) is 1. The molecule has 2 N–H and O–H groups in total. The number of benzene rings is 1. The van der Waals surface area contributed by atoms with Crippen molar-refractivity contribution in [3.63, 3.8) is 0 Å². The molecule has 0 amide bonds. The first-order valence-electron chi connectivity index (χ1n) is 5.84. The van der Waals surface area contributed by atoms with Gasteiger partial charge in [-0.15, -0.1) is 0 Å². The Hall–Kier alpha value is -1.35. The molecule has 2 rings (SSSR count). The normalized spacial score (nSPS) is 15.6. The van der Waals surface area contributed by atoms with Crippen LogP contribution in [0, 0.1) is 11.8 Å². The Kier molecular flexibility index (Phi) is 4.02. The van der Waals surface area contributed by atoms with Crippen molar-refractivity contribution in [3.8, 4) is 11.8 Å². The van der Waals surface area contributed by atoms with Gasteiger partial charge in [-0.3, -0.25) is 0 Å². The molecule has 1 aromatic carbocycles. The predicted molar refractivity (Wildman–Crippen MR) is 68.4 cm³/mol. The zero-order chi connectivity index (χ0) is 13.0. The minimum absolute atomic E-state index is 0.0499. The second-order valence-electron chi connectivity index (χ2n) is 4.21. The van der Waals surface area contributed by atoms with Gasteiger partial charge in [0.2, 0.25) is 10.0 Å². The second kappa shape index (κ2) is 5.53. The lowest BCUT2D eigenvalue weighted by molar-refractivity contribution is 0.350. The number of sulfonamides is 1. The van der Waals surface area contributed by atoms with E-state index in [1.54, 1.807) is 18.2 Å². The summed E-state index contributed by atoms with van der Waals surface area (Å²) in [4.78, 5) is 0.179. The van der Waals surface area contributed by atoms with E-state index in [0.29, 0.717) is 5.56 Å². The van der Waals surface area contributed by atoms with Crippen LogP contribution >= 0.6 is 0 Å². The lowest BCUT2D eigenvalue weighted by Gasteiger charge is -2.26. The van der Waals surface area contributed by atoms with Crippen molar-refractivity contribution in [2.75, 3.05) is 6.61 Å². The van der Waals surface area contributed by atoms with Gasteiger partial charge in [-0.2, -0.15) is 0 Å². The summed E-state index contributed by atoms with van der Waals surface area (Å²) in [5, 5.41) is 8.68. The molecule has 0 radical (unpaired) electrons. The lowest BCUT2D eigenvalue weighted by Crippen LogP contribution is -2.39. The molecule has 1 aliphatic rings. The molecule has 1 saturated carbocycles. The molecule has 4 nitrogen and oxygen atoms in total. The maximum atomic E-state index is 12.2. The van der Waals surface area contributed by atoms with Crippen LogP contribution in [-0.4, -0.2) is 26.2 Å². The zero-order valence-corrected chi connectivity index (χ0v) is 10.7. The summed E-state index contributed by atoms with van der Waals surface area (Å²) in [5.74, 6) is 5.13. The summed E-state index contributed by atoms with van der Waals surface area (Å²) < 4.78 is 27.0. The predicted octanol–water partition coefficient (Wildman–Crippen LogP) is 0.861. The summed E-state index contributed by atoms with van der Waals surface area (Å²) in [6, 6.07) is 6.61. The Bertz CT molecular complexity index is 580. The molecule has 1 aliphatic carbocycles. The van der Waals surface area contributed by atoms with Crippen molar-refractivity contribution in [1.29, 1.82) is 0 Å². The number of aliphatic hydroxyl groups is 1. The maximum absolute atomic E-state index is 12.2. The van der Waals surface area contributed by atoms with Crippen LogP contribution in [0.15, 0.2) is 29.2 Å². The largest absolute Gasteiger partial charge is 0.384 e. The summed E-state index contributed by atoms with van der Waals surface area (Å²) in [6.45, 7) is -0.287. The highest BCUT2D eigenvalue weighted by Crippen LogP contribution is 2.22. The van der Waals surface area contributed by atoms with Gasteiger partial charge in [0.1, 0.15) is 6.61 Å². The van der Waals surface area contributed by atoms with Gasteiger partial charge >= 0.3 is 0 Å². The van der Waals surface area contributed by atoms with Gasteiger partial charge in [-0.25, -0.2) is 13.1 Å². The number of hydrogen-bond acceptors (Lipinski definition) is 3. The Balaban J connectivity index is 2.31. The molecule has 0 heterocycles. The van der Waals surface area contributed by atoms with Gasteiger partial charge in [0.15, 0.2) is 0 Å². The molecule has 0 bridgehead atoms. The van der Waals surface area contributed by atoms with Gasteiger partial charge < -0.3 is 5.11 Å². The molecule has 0 spiro atoms. The molecule has 18 heavy (non-hydrogen) atoms. The number of hydrogen-bond donors (Lipinski definition) is 2. The quantitative estimate of drug-likeness (QED) is 0.797. The van der Waals surface area contributed by atoms with E-state index < -0.39 is 10.0 Å². The highest BCUT2D eigenvalue weighted by atomic mass is 32.2. The Labute approximate surface area is 107 Å². The summed E-state index contributed by atoms with van der Waals surface area (Å²) in [6.07, 6.45) is 2.85. The third kappa shape index (κ3) is 2.91. The van der Waals surface area contributed by atoms with Crippen LogP contribution in [-0.2, 0) is 10.0 Å². The highest BCUT2D eigenvalue weighted by molar-refractivity contribution is 7.89. The summed E-state index contributed by atoms with van der Waals surface area (Å²) >= 11 is 0. The first-order valence-corrected chi connectivity index (χ1v) is 7.33.